The summed E-state index contributed by atoms with van der Waals surface area (Å²) >= 11 is -2.20. The fraction of sp³-hybridized carbons (Fsp3) is 0.882. The number of hydrogen-bond donors (Lipinski definition) is 0. The second-order valence-corrected chi connectivity index (χ2v) is 24.9. The molecule has 0 aliphatic rings. The van der Waals surface area contributed by atoms with E-state index >= 15 is 0 Å². The SMILES string of the molecule is [2H]/C(=[CH]\[Sn]([CH2]CCC)([CH2]CCC)[CH2]CCC)[Si](C)(C)C. The fourth-order valence-electron chi connectivity index (χ4n) is 2.55. The predicted molar refractivity (Wildman–Crippen MR) is 97.4 cm³/mol. The molecular formula is C17H38SiSn. The van der Waals surface area contributed by atoms with E-state index in [4.69, 9.17) is 1.37 Å². The van der Waals surface area contributed by atoms with E-state index in [1.165, 1.54) is 51.8 Å². The van der Waals surface area contributed by atoms with Crippen LogP contribution in [0.2, 0.25) is 33.0 Å². The molecule has 0 atom stereocenters. The summed E-state index contributed by atoms with van der Waals surface area (Å²) in [7, 11) is -1.41. The third-order valence-corrected chi connectivity index (χ3v) is 19.4. The zero-order valence-corrected chi connectivity index (χ0v) is 18.3. The van der Waals surface area contributed by atoms with E-state index in [1.807, 2.05) is 0 Å². The van der Waals surface area contributed by atoms with Gasteiger partial charge in [-0.1, -0.05) is 0 Å². The summed E-state index contributed by atoms with van der Waals surface area (Å²) in [5.74, 6) is 0. The fourth-order valence-corrected chi connectivity index (χ4v) is 22.0. The predicted octanol–water partition coefficient (Wildman–Crippen LogP) is 6.81. The molecule has 0 spiro atoms. The quantitative estimate of drug-likeness (QED) is 0.340. The van der Waals surface area contributed by atoms with Crippen molar-refractivity contribution in [2.75, 3.05) is 0 Å². The minimum atomic E-state index is -2.20. The van der Waals surface area contributed by atoms with Crippen molar-refractivity contribution in [2.24, 2.45) is 0 Å². The van der Waals surface area contributed by atoms with Gasteiger partial charge in [0.05, 0.1) is 0 Å². The van der Waals surface area contributed by atoms with Crippen LogP contribution in [0.25, 0.3) is 0 Å². The molecule has 0 amide bonds. The molecule has 19 heavy (non-hydrogen) atoms. The average molecular weight is 390 g/mol. The van der Waals surface area contributed by atoms with Crippen LogP contribution >= 0.6 is 0 Å². The Labute approximate surface area is 129 Å². The zero-order valence-electron chi connectivity index (χ0n) is 15.4. The summed E-state index contributed by atoms with van der Waals surface area (Å²) < 4.78 is 15.7. The zero-order chi connectivity index (χ0) is 15.6. The van der Waals surface area contributed by atoms with Crippen LogP contribution in [-0.4, -0.2) is 26.5 Å². The van der Waals surface area contributed by atoms with Gasteiger partial charge in [-0.2, -0.15) is 0 Å². The summed E-state index contributed by atoms with van der Waals surface area (Å²) in [5, 5.41) is 0. The van der Waals surface area contributed by atoms with Crippen molar-refractivity contribution < 1.29 is 1.37 Å². The van der Waals surface area contributed by atoms with Crippen LogP contribution in [0.3, 0.4) is 0 Å². The first-order valence-corrected chi connectivity index (χ1v) is 19.7. The van der Waals surface area contributed by atoms with Crippen molar-refractivity contribution in [1.29, 1.82) is 0 Å². The van der Waals surface area contributed by atoms with Gasteiger partial charge in [0.2, 0.25) is 0 Å². The Kier molecular flexibility index (Phi) is 9.82. The van der Waals surface area contributed by atoms with Crippen LogP contribution in [0.5, 0.6) is 0 Å². The molecule has 0 saturated heterocycles. The molecule has 0 N–H and O–H groups in total. The van der Waals surface area contributed by atoms with E-state index in [2.05, 4.69) is 44.5 Å². The van der Waals surface area contributed by atoms with Gasteiger partial charge in [0.15, 0.2) is 0 Å². The number of unbranched alkanes of at least 4 members (excludes halogenated alkanes) is 3. The van der Waals surface area contributed by atoms with E-state index in [1.54, 1.807) is 0 Å². The van der Waals surface area contributed by atoms with E-state index in [0.717, 1.165) is 5.68 Å². The Balaban J connectivity index is 5.22. The van der Waals surface area contributed by atoms with Crippen molar-refractivity contribution in [2.45, 2.75) is 92.2 Å². The number of rotatable bonds is 11. The number of hydrogen-bond acceptors (Lipinski definition) is 0. The Hall–Kier alpha value is 0.756. The van der Waals surface area contributed by atoms with Crippen LogP contribution < -0.4 is 0 Å². The molecule has 0 aliphatic heterocycles. The molecule has 0 unspecified atom stereocenters. The normalized spacial score (nSPS) is 14.6. The molecule has 2 heteroatoms. The maximum atomic E-state index is 8.56. The third-order valence-electron chi connectivity index (χ3n) is 3.90. The van der Waals surface area contributed by atoms with E-state index < -0.39 is 26.5 Å². The van der Waals surface area contributed by atoms with Crippen molar-refractivity contribution in [3.8, 4) is 0 Å². The summed E-state index contributed by atoms with van der Waals surface area (Å²) in [6.07, 6.45) is 8.18. The van der Waals surface area contributed by atoms with Gasteiger partial charge in [-0.3, -0.25) is 0 Å². The van der Waals surface area contributed by atoms with Crippen LogP contribution in [-0.2, 0) is 0 Å². The second kappa shape index (κ2) is 10.5. The monoisotopic (exact) mass is 391 g/mol. The van der Waals surface area contributed by atoms with E-state index in [-0.39, 0.29) is 0 Å². The molecule has 0 saturated carbocycles. The van der Waals surface area contributed by atoms with Crippen molar-refractivity contribution in [3.63, 3.8) is 0 Å². The summed E-state index contributed by atoms with van der Waals surface area (Å²) in [6.45, 7) is 14.0. The molecule has 114 valence electrons. The Morgan fingerprint density at radius 2 is 1.21 bits per heavy atom. The van der Waals surface area contributed by atoms with Gasteiger partial charge in [-0.05, 0) is 0 Å². The van der Waals surface area contributed by atoms with Gasteiger partial charge in [0.25, 0.3) is 0 Å². The van der Waals surface area contributed by atoms with Crippen molar-refractivity contribution in [3.05, 3.63) is 9.77 Å². The molecule has 0 aromatic heterocycles. The average Bonchev–Trinajstić information content (AvgIpc) is 2.39. The van der Waals surface area contributed by atoms with Gasteiger partial charge in [0, 0.05) is 0 Å². The van der Waals surface area contributed by atoms with E-state index in [9.17, 15) is 0 Å². The molecular weight excluding hydrogens is 351 g/mol. The standard InChI is InChI=1S/C5H11Si.3C4H9.Sn/c1-5-6(2,3)4;3*1-3-4-2;/h1,5H,2-4H3;3*1,3-4H2,2H3;/i5D;;;;. The molecule has 0 aromatic carbocycles. The summed E-state index contributed by atoms with van der Waals surface area (Å²) in [4.78, 5) is 0. The molecule has 0 aromatic rings. The molecule has 0 radical (unpaired) electrons. The van der Waals surface area contributed by atoms with Gasteiger partial charge >= 0.3 is 130 Å². The van der Waals surface area contributed by atoms with Crippen LogP contribution in [0, 0.1) is 0 Å². The Morgan fingerprint density at radius 3 is 1.47 bits per heavy atom. The van der Waals surface area contributed by atoms with Gasteiger partial charge in [-0.25, -0.2) is 0 Å². The summed E-state index contributed by atoms with van der Waals surface area (Å²) in [5.41, 5.74) is 1.07. The maximum absolute atomic E-state index is 8.56. The second-order valence-electron chi connectivity index (χ2n) is 7.21. The third kappa shape index (κ3) is 10.2. The van der Waals surface area contributed by atoms with Gasteiger partial charge < -0.3 is 0 Å². The molecule has 0 nitrogen and oxygen atoms in total. The summed E-state index contributed by atoms with van der Waals surface area (Å²) in [6, 6.07) is 0. The van der Waals surface area contributed by atoms with Gasteiger partial charge in [0.1, 0.15) is 0 Å². The molecule has 0 aliphatic carbocycles. The Morgan fingerprint density at radius 1 is 0.842 bits per heavy atom. The van der Waals surface area contributed by atoms with Crippen LogP contribution in [0.4, 0.5) is 0 Å². The van der Waals surface area contributed by atoms with Crippen molar-refractivity contribution >= 4 is 26.5 Å². The molecule has 0 fully saturated rings. The minimum absolute atomic E-state index is 1.07. The van der Waals surface area contributed by atoms with Crippen LogP contribution in [0.15, 0.2) is 9.77 Å². The first-order valence-electron chi connectivity index (χ1n) is 9.01. The molecule has 0 rings (SSSR count). The first kappa shape index (κ1) is 17.8. The van der Waals surface area contributed by atoms with E-state index in [0.29, 0.717) is 0 Å². The van der Waals surface area contributed by atoms with Crippen molar-refractivity contribution in [1.82, 2.24) is 0 Å². The Bertz CT molecular complexity index is 259. The first-order chi connectivity index (χ1) is 9.31. The molecule has 0 bridgehead atoms. The molecule has 0 heterocycles. The van der Waals surface area contributed by atoms with Gasteiger partial charge in [-0.15, -0.1) is 0 Å². The topological polar surface area (TPSA) is 0 Å². The van der Waals surface area contributed by atoms with Crippen LogP contribution in [0.1, 0.15) is 60.7 Å².